The molecule has 2 aliphatic rings. The van der Waals surface area contributed by atoms with E-state index in [9.17, 15) is 4.79 Å². The number of nitrogens with zero attached hydrogens (tertiary/aromatic N) is 1. The van der Waals surface area contributed by atoms with Gasteiger partial charge in [0.1, 0.15) is 5.75 Å². The maximum Gasteiger partial charge on any atom is 0.223 e. The van der Waals surface area contributed by atoms with Crippen molar-refractivity contribution >= 4 is 5.91 Å². The third kappa shape index (κ3) is 3.78. The van der Waals surface area contributed by atoms with Gasteiger partial charge in [0.2, 0.25) is 5.91 Å². The van der Waals surface area contributed by atoms with Crippen molar-refractivity contribution in [2.24, 2.45) is 5.92 Å². The molecule has 1 aromatic carbocycles. The Morgan fingerprint density at radius 2 is 2.18 bits per heavy atom. The number of amides is 1. The average Bonchev–Trinajstić information content (AvgIpc) is 3.41. The molecule has 1 unspecified atom stereocenters. The van der Waals surface area contributed by atoms with E-state index in [-0.39, 0.29) is 17.9 Å². The van der Waals surface area contributed by atoms with Crippen LogP contribution in [0.1, 0.15) is 24.4 Å². The zero-order valence-corrected chi connectivity index (χ0v) is 13.1. The summed E-state index contributed by atoms with van der Waals surface area (Å²) >= 11 is 0. The van der Waals surface area contributed by atoms with Gasteiger partial charge >= 0.3 is 0 Å². The number of benzene rings is 1. The first kappa shape index (κ1) is 15.3. The highest BCUT2D eigenvalue weighted by Crippen LogP contribution is 2.29. The fourth-order valence-corrected chi connectivity index (χ4v) is 2.88. The van der Waals surface area contributed by atoms with Gasteiger partial charge in [-0.05, 0) is 30.5 Å². The molecule has 1 aliphatic carbocycles. The fourth-order valence-electron chi connectivity index (χ4n) is 2.88. The summed E-state index contributed by atoms with van der Waals surface area (Å²) in [5.74, 6) is 1.29. The second kappa shape index (κ2) is 7.11. The lowest BCUT2D eigenvalue weighted by Crippen LogP contribution is -2.44. The van der Waals surface area contributed by atoms with Gasteiger partial charge in [0.25, 0.3) is 0 Å². The number of methoxy groups -OCH3 is 1. The molecule has 1 aliphatic heterocycles. The van der Waals surface area contributed by atoms with E-state index in [0.29, 0.717) is 6.54 Å². The van der Waals surface area contributed by atoms with Crippen molar-refractivity contribution in [2.75, 3.05) is 40.0 Å². The summed E-state index contributed by atoms with van der Waals surface area (Å²) in [6, 6.07) is 8.28. The summed E-state index contributed by atoms with van der Waals surface area (Å²) in [6.07, 6.45) is 2.07. The van der Waals surface area contributed by atoms with Gasteiger partial charge in [-0.15, -0.1) is 0 Å². The molecule has 0 spiro atoms. The average molecular weight is 304 g/mol. The van der Waals surface area contributed by atoms with Crippen molar-refractivity contribution in [1.82, 2.24) is 10.2 Å². The zero-order valence-electron chi connectivity index (χ0n) is 13.1. The largest absolute Gasteiger partial charge is 0.497 e. The molecule has 0 aromatic heterocycles. The van der Waals surface area contributed by atoms with E-state index >= 15 is 0 Å². The number of hydrogen-bond donors (Lipinski definition) is 1. The van der Waals surface area contributed by atoms with E-state index in [0.717, 1.165) is 44.9 Å². The van der Waals surface area contributed by atoms with Crippen LogP contribution in [0.25, 0.3) is 0 Å². The molecular weight excluding hydrogens is 280 g/mol. The molecule has 0 radical (unpaired) electrons. The minimum Gasteiger partial charge on any atom is -0.497 e. The van der Waals surface area contributed by atoms with Crippen molar-refractivity contribution in [2.45, 2.75) is 18.9 Å². The molecule has 22 heavy (non-hydrogen) atoms. The van der Waals surface area contributed by atoms with E-state index < -0.39 is 0 Å². The Bertz CT molecular complexity index is 510. The third-order valence-corrected chi connectivity index (χ3v) is 4.38. The van der Waals surface area contributed by atoms with E-state index in [1.807, 2.05) is 12.1 Å². The number of carbonyl (C=O) groups excluding carboxylic acids is 1. The fraction of sp³-hybridized carbons (Fsp3) is 0.588. The van der Waals surface area contributed by atoms with Crippen LogP contribution in [0.2, 0.25) is 0 Å². The first-order valence-corrected chi connectivity index (χ1v) is 8.01. The first-order chi connectivity index (χ1) is 10.8. The molecule has 0 bridgehead atoms. The van der Waals surface area contributed by atoms with Crippen LogP contribution in [0.5, 0.6) is 5.75 Å². The van der Waals surface area contributed by atoms with Crippen LogP contribution in [-0.2, 0) is 9.53 Å². The molecular formula is C17H24N2O3. The molecule has 1 amide bonds. The second-order valence-electron chi connectivity index (χ2n) is 5.96. The van der Waals surface area contributed by atoms with Crippen molar-refractivity contribution < 1.29 is 14.3 Å². The number of ether oxygens (including phenoxy) is 2. The lowest BCUT2D eigenvalue weighted by atomic mass is 10.0. The molecule has 1 saturated heterocycles. The quantitative estimate of drug-likeness (QED) is 0.867. The highest BCUT2D eigenvalue weighted by atomic mass is 16.5. The highest BCUT2D eigenvalue weighted by molar-refractivity contribution is 5.80. The Balaban J connectivity index is 1.72. The van der Waals surface area contributed by atoms with Crippen LogP contribution < -0.4 is 10.1 Å². The van der Waals surface area contributed by atoms with Crippen LogP contribution >= 0.6 is 0 Å². The van der Waals surface area contributed by atoms with E-state index in [1.165, 1.54) is 5.56 Å². The smallest absolute Gasteiger partial charge is 0.223 e. The van der Waals surface area contributed by atoms with Crippen molar-refractivity contribution in [1.29, 1.82) is 0 Å². The lowest BCUT2D eigenvalue weighted by molar-refractivity contribution is -0.122. The number of morpholine rings is 1. The van der Waals surface area contributed by atoms with Crippen LogP contribution in [0, 0.1) is 5.92 Å². The molecule has 2 fully saturated rings. The summed E-state index contributed by atoms with van der Waals surface area (Å²) in [6.45, 7) is 3.92. The molecule has 5 nitrogen and oxygen atoms in total. The van der Waals surface area contributed by atoms with Crippen LogP contribution in [0.3, 0.4) is 0 Å². The third-order valence-electron chi connectivity index (χ3n) is 4.38. The van der Waals surface area contributed by atoms with Crippen molar-refractivity contribution in [3.8, 4) is 5.75 Å². The highest BCUT2D eigenvalue weighted by Gasteiger charge is 2.31. The Kier molecular flexibility index (Phi) is 4.95. The lowest BCUT2D eigenvalue weighted by Gasteiger charge is -2.35. The van der Waals surface area contributed by atoms with E-state index in [1.54, 1.807) is 7.11 Å². The molecule has 3 rings (SSSR count). The summed E-state index contributed by atoms with van der Waals surface area (Å²) in [5, 5.41) is 3.12. The molecule has 5 heteroatoms. The number of carbonyl (C=O) groups is 1. The number of nitrogens with one attached hydrogen (secondary N) is 1. The van der Waals surface area contributed by atoms with Crippen LogP contribution in [-0.4, -0.2) is 50.8 Å². The Morgan fingerprint density at radius 3 is 2.86 bits per heavy atom. The second-order valence-corrected chi connectivity index (χ2v) is 5.96. The van der Waals surface area contributed by atoms with Crippen molar-refractivity contribution in [3.05, 3.63) is 29.8 Å². The predicted octanol–water partition coefficient (Wildman–Crippen LogP) is 1.59. The van der Waals surface area contributed by atoms with Crippen LogP contribution in [0.15, 0.2) is 24.3 Å². The van der Waals surface area contributed by atoms with E-state index in [4.69, 9.17) is 9.47 Å². The van der Waals surface area contributed by atoms with Gasteiger partial charge < -0.3 is 14.8 Å². The molecule has 120 valence electrons. The Hall–Kier alpha value is -1.59. The number of rotatable bonds is 6. The molecule has 1 saturated carbocycles. The van der Waals surface area contributed by atoms with Gasteiger partial charge in [-0.2, -0.15) is 0 Å². The topological polar surface area (TPSA) is 50.8 Å². The van der Waals surface area contributed by atoms with Gasteiger partial charge in [0.15, 0.2) is 0 Å². The van der Waals surface area contributed by atoms with Gasteiger partial charge in [-0.1, -0.05) is 12.1 Å². The Labute approximate surface area is 131 Å². The van der Waals surface area contributed by atoms with Gasteiger partial charge in [-0.3, -0.25) is 9.69 Å². The molecule has 1 N–H and O–H groups in total. The molecule has 1 aromatic rings. The summed E-state index contributed by atoms with van der Waals surface area (Å²) in [7, 11) is 1.68. The monoisotopic (exact) mass is 304 g/mol. The normalized spacial score (nSPS) is 20.4. The summed E-state index contributed by atoms with van der Waals surface area (Å²) in [4.78, 5) is 14.3. The standard InChI is InChI=1S/C17H24N2O3/c1-21-15-4-2-3-14(11-15)16(19-7-9-22-10-8-19)12-18-17(20)13-5-6-13/h2-4,11,13,16H,5-10,12H2,1H3,(H,18,20). The van der Waals surface area contributed by atoms with Gasteiger partial charge in [-0.25, -0.2) is 0 Å². The minimum atomic E-state index is 0.168. The Morgan fingerprint density at radius 1 is 1.41 bits per heavy atom. The SMILES string of the molecule is COc1cccc(C(CNC(=O)C2CC2)N2CCOCC2)c1. The maximum absolute atomic E-state index is 12.0. The van der Waals surface area contributed by atoms with Crippen LogP contribution in [0.4, 0.5) is 0 Å². The van der Waals surface area contributed by atoms with E-state index in [2.05, 4.69) is 22.3 Å². The maximum atomic E-state index is 12.0. The summed E-state index contributed by atoms with van der Waals surface area (Å²) < 4.78 is 10.8. The molecule has 1 heterocycles. The van der Waals surface area contributed by atoms with Gasteiger partial charge in [0, 0.05) is 25.6 Å². The summed E-state index contributed by atoms with van der Waals surface area (Å²) in [5.41, 5.74) is 1.18. The predicted molar refractivity (Wildman–Crippen MR) is 83.9 cm³/mol. The van der Waals surface area contributed by atoms with Crippen molar-refractivity contribution in [3.63, 3.8) is 0 Å². The van der Waals surface area contributed by atoms with Gasteiger partial charge in [0.05, 0.1) is 26.4 Å². The number of hydrogen-bond acceptors (Lipinski definition) is 4. The molecule has 1 atom stereocenters. The first-order valence-electron chi connectivity index (χ1n) is 8.01. The minimum absolute atomic E-state index is 0.168. The zero-order chi connectivity index (χ0) is 15.4.